The molecule has 1 heterocycles. The molecule has 1 aliphatic rings. The maximum Gasteiger partial charge on any atom is 0.170 e. The lowest BCUT2D eigenvalue weighted by Gasteiger charge is -2.22. The van der Waals surface area contributed by atoms with E-state index in [1.54, 1.807) is 36.4 Å². The van der Waals surface area contributed by atoms with Gasteiger partial charge in [0.05, 0.1) is 13.0 Å². The van der Waals surface area contributed by atoms with E-state index in [0.29, 0.717) is 30.1 Å². The second-order valence-corrected chi connectivity index (χ2v) is 6.93. The van der Waals surface area contributed by atoms with Crippen LogP contribution in [0.5, 0.6) is 5.75 Å². The van der Waals surface area contributed by atoms with Gasteiger partial charge in [-0.2, -0.15) is 0 Å². The van der Waals surface area contributed by atoms with Crippen molar-refractivity contribution in [2.45, 2.75) is 38.9 Å². The SMILES string of the molecule is Cc1ccc(C(=O)CC(=O)c2ccc(OCCOC3CCCCO3)cc2)cc1. The van der Waals surface area contributed by atoms with Crippen molar-refractivity contribution in [3.05, 3.63) is 65.2 Å². The van der Waals surface area contributed by atoms with Crippen LogP contribution >= 0.6 is 0 Å². The number of aryl methyl sites for hydroxylation is 1. The Morgan fingerprint density at radius 2 is 1.57 bits per heavy atom. The zero-order valence-corrected chi connectivity index (χ0v) is 16.2. The highest BCUT2D eigenvalue weighted by atomic mass is 16.7. The molecular weight excluding hydrogens is 356 g/mol. The predicted octanol–water partition coefficient (Wildman–Crippen LogP) is 4.37. The summed E-state index contributed by atoms with van der Waals surface area (Å²) in [6.45, 7) is 3.59. The van der Waals surface area contributed by atoms with Crippen molar-refractivity contribution >= 4 is 11.6 Å². The van der Waals surface area contributed by atoms with Crippen molar-refractivity contribution in [2.75, 3.05) is 19.8 Å². The van der Waals surface area contributed by atoms with Gasteiger partial charge in [0.2, 0.25) is 0 Å². The summed E-state index contributed by atoms with van der Waals surface area (Å²) in [5, 5.41) is 0. The molecule has 1 fully saturated rings. The first-order valence-electron chi connectivity index (χ1n) is 9.71. The van der Waals surface area contributed by atoms with Gasteiger partial charge in [0, 0.05) is 17.7 Å². The van der Waals surface area contributed by atoms with Crippen LogP contribution in [0.2, 0.25) is 0 Å². The molecule has 2 aromatic carbocycles. The molecule has 1 unspecified atom stereocenters. The Hall–Kier alpha value is -2.50. The highest BCUT2D eigenvalue weighted by Gasteiger charge is 2.15. The van der Waals surface area contributed by atoms with E-state index in [0.717, 1.165) is 31.4 Å². The van der Waals surface area contributed by atoms with Gasteiger partial charge in [0.25, 0.3) is 0 Å². The van der Waals surface area contributed by atoms with Gasteiger partial charge in [0.15, 0.2) is 17.9 Å². The van der Waals surface area contributed by atoms with Crippen molar-refractivity contribution in [2.24, 2.45) is 0 Å². The fourth-order valence-corrected chi connectivity index (χ4v) is 3.01. The molecule has 0 spiro atoms. The van der Waals surface area contributed by atoms with Crippen molar-refractivity contribution in [3.63, 3.8) is 0 Å². The fraction of sp³-hybridized carbons (Fsp3) is 0.391. The maximum absolute atomic E-state index is 12.3. The standard InChI is InChI=1S/C23H26O5/c1-17-5-7-18(8-6-17)21(24)16-22(25)19-9-11-20(12-10-19)26-14-15-28-23-4-2-3-13-27-23/h5-12,23H,2-4,13-16H2,1H3. The molecule has 0 aliphatic carbocycles. The van der Waals surface area contributed by atoms with Gasteiger partial charge in [-0.25, -0.2) is 0 Å². The Kier molecular flexibility index (Phi) is 7.34. The number of benzene rings is 2. The summed E-state index contributed by atoms with van der Waals surface area (Å²) in [6, 6.07) is 14.1. The minimum atomic E-state index is -0.199. The van der Waals surface area contributed by atoms with E-state index in [1.807, 2.05) is 19.1 Å². The number of hydrogen-bond acceptors (Lipinski definition) is 5. The first-order chi connectivity index (χ1) is 13.6. The smallest absolute Gasteiger partial charge is 0.170 e. The van der Waals surface area contributed by atoms with E-state index in [9.17, 15) is 9.59 Å². The molecule has 148 valence electrons. The maximum atomic E-state index is 12.3. The first kappa shape index (κ1) is 20.2. The molecule has 1 atom stereocenters. The lowest BCUT2D eigenvalue weighted by atomic mass is 10.0. The number of ether oxygens (including phenoxy) is 3. The molecule has 0 saturated carbocycles. The highest BCUT2D eigenvalue weighted by Crippen LogP contribution is 2.16. The topological polar surface area (TPSA) is 61.8 Å². The van der Waals surface area contributed by atoms with Crippen LogP contribution < -0.4 is 4.74 Å². The number of carbonyl (C=O) groups is 2. The molecule has 0 radical (unpaired) electrons. The zero-order chi connectivity index (χ0) is 19.8. The van der Waals surface area contributed by atoms with Gasteiger partial charge in [-0.3, -0.25) is 9.59 Å². The minimum Gasteiger partial charge on any atom is -0.491 e. The largest absolute Gasteiger partial charge is 0.491 e. The molecule has 0 bridgehead atoms. The van der Waals surface area contributed by atoms with Crippen LogP contribution in [0.3, 0.4) is 0 Å². The molecule has 5 heteroatoms. The lowest BCUT2D eigenvalue weighted by Crippen LogP contribution is -2.24. The number of Topliss-reactive ketones (excluding diaryl/α,β-unsaturated/α-hetero) is 2. The van der Waals surface area contributed by atoms with Crippen molar-refractivity contribution in [1.82, 2.24) is 0 Å². The third-order valence-corrected chi connectivity index (χ3v) is 4.66. The van der Waals surface area contributed by atoms with Gasteiger partial charge in [0.1, 0.15) is 12.4 Å². The second kappa shape index (κ2) is 10.2. The Morgan fingerprint density at radius 1 is 0.929 bits per heavy atom. The summed E-state index contributed by atoms with van der Waals surface area (Å²) in [5.41, 5.74) is 2.13. The summed E-state index contributed by atoms with van der Waals surface area (Å²) >= 11 is 0. The first-order valence-corrected chi connectivity index (χ1v) is 9.71. The lowest BCUT2D eigenvalue weighted by molar-refractivity contribution is -0.165. The number of carbonyl (C=O) groups excluding carboxylic acids is 2. The molecule has 1 saturated heterocycles. The van der Waals surface area contributed by atoms with E-state index >= 15 is 0 Å². The Bertz CT molecular complexity index is 774. The summed E-state index contributed by atoms with van der Waals surface area (Å²) in [4.78, 5) is 24.6. The number of rotatable bonds is 9. The molecule has 0 amide bonds. The van der Waals surface area contributed by atoms with E-state index in [2.05, 4.69) is 0 Å². The van der Waals surface area contributed by atoms with E-state index in [-0.39, 0.29) is 24.3 Å². The monoisotopic (exact) mass is 382 g/mol. The molecule has 1 aliphatic heterocycles. The highest BCUT2D eigenvalue weighted by molar-refractivity contribution is 6.13. The summed E-state index contributed by atoms with van der Waals surface area (Å²) in [5.74, 6) is 0.289. The van der Waals surface area contributed by atoms with E-state index in [1.165, 1.54) is 0 Å². The molecule has 28 heavy (non-hydrogen) atoms. The van der Waals surface area contributed by atoms with Crippen molar-refractivity contribution in [1.29, 1.82) is 0 Å². The van der Waals surface area contributed by atoms with Crippen LogP contribution in [-0.2, 0) is 9.47 Å². The van der Waals surface area contributed by atoms with Crippen molar-refractivity contribution in [3.8, 4) is 5.75 Å². The van der Waals surface area contributed by atoms with Gasteiger partial charge >= 0.3 is 0 Å². The number of hydrogen-bond donors (Lipinski definition) is 0. The van der Waals surface area contributed by atoms with Crippen LogP contribution in [0.1, 0.15) is 52.0 Å². The van der Waals surface area contributed by atoms with Gasteiger partial charge < -0.3 is 14.2 Å². The quantitative estimate of drug-likeness (QED) is 0.366. The Morgan fingerprint density at radius 3 is 2.18 bits per heavy atom. The number of ketones is 2. The average molecular weight is 382 g/mol. The normalized spacial score (nSPS) is 16.5. The van der Waals surface area contributed by atoms with Crippen LogP contribution in [0.4, 0.5) is 0 Å². The van der Waals surface area contributed by atoms with Gasteiger partial charge in [-0.1, -0.05) is 29.8 Å². The average Bonchev–Trinajstić information content (AvgIpc) is 2.73. The molecule has 3 rings (SSSR count). The van der Waals surface area contributed by atoms with Crippen LogP contribution in [0.15, 0.2) is 48.5 Å². The molecular formula is C23H26O5. The summed E-state index contributed by atoms with van der Waals surface area (Å²) < 4.78 is 16.8. The molecule has 0 N–H and O–H groups in total. The third kappa shape index (κ3) is 6.01. The Labute approximate surface area is 165 Å². The fourth-order valence-electron chi connectivity index (χ4n) is 3.01. The zero-order valence-electron chi connectivity index (χ0n) is 16.2. The Balaban J connectivity index is 1.43. The third-order valence-electron chi connectivity index (χ3n) is 4.66. The summed E-state index contributed by atoms with van der Waals surface area (Å²) in [6.07, 6.45) is 2.89. The van der Waals surface area contributed by atoms with Crippen LogP contribution in [0, 0.1) is 6.92 Å². The predicted molar refractivity (Wildman–Crippen MR) is 106 cm³/mol. The summed E-state index contributed by atoms with van der Waals surface area (Å²) in [7, 11) is 0. The second-order valence-electron chi connectivity index (χ2n) is 6.93. The molecule has 2 aromatic rings. The van der Waals surface area contributed by atoms with Crippen LogP contribution in [0.25, 0.3) is 0 Å². The van der Waals surface area contributed by atoms with Crippen molar-refractivity contribution < 1.29 is 23.8 Å². The molecule has 0 aromatic heterocycles. The van der Waals surface area contributed by atoms with E-state index < -0.39 is 0 Å². The van der Waals surface area contributed by atoms with Crippen LogP contribution in [-0.4, -0.2) is 37.7 Å². The van der Waals surface area contributed by atoms with E-state index in [4.69, 9.17) is 14.2 Å². The molecule has 5 nitrogen and oxygen atoms in total. The van der Waals surface area contributed by atoms with Gasteiger partial charge in [-0.15, -0.1) is 0 Å². The van der Waals surface area contributed by atoms with Gasteiger partial charge in [-0.05, 0) is 50.5 Å². The minimum absolute atomic E-state index is 0.122.